The van der Waals surface area contributed by atoms with Crippen molar-refractivity contribution in [1.29, 1.82) is 0 Å². The molecule has 1 heterocycles. The largest absolute Gasteiger partial charge is 0.469 e. The first-order valence-electron chi connectivity index (χ1n) is 11.7. The van der Waals surface area contributed by atoms with Crippen molar-refractivity contribution in [3.8, 4) is 11.3 Å². The molecule has 2 atom stereocenters. The Morgan fingerprint density at radius 3 is 2.32 bits per heavy atom. The molecule has 182 valence electrons. The third kappa shape index (κ3) is 6.36. The van der Waals surface area contributed by atoms with E-state index in [1.54, 1.807) is 12.1 Å². The Hall–Kier alpha value is -2.90. The highest BCUT2D eigenvalue weighted by molar-refractivity contribution is 6.48. The lowest BCUT2D eigenvalue weighted by Gasteiger charge is -2.37. The van der Waals surface area contributed by atoms with Crippen molar-refractivity contribution >= 4 is 31.9 Å². The molecule has 0 bridgehead atoms. The van der Waals surface area contributed by atoms with Gasteiger partial charge in [-0.1, -0.05) is 51.1 Å². The molecule has 1 aromatic heterocycles. The predicted molar refractivity (Wildman–Crippen MR) is 137 cm³/mol. The van der Waals surface area contributed by atoms with Crippen LogP contribution in [0.25, 0.3) is 22.3 Å². The number of rotatable bonds is 9. The number of amides is 1. The van der Waals surface area contributed by atoms with Crippen molar-refractivity contribution in [2.75, 3.05) is 13.7 Å². The molecule has 0 aliphatic rings. The molecule has 6 nitrogen and oxygen atoms in total. The van der Waals surface area contributed by atoms with Crippen LogP contribution in [-0.2, 0) is 14.0 Å². The lowest BCUT2D eigenvalue weighted by molar-refractivity contribution is -0.152. The second kappa shape index (κ2) is 11.0. The Morgan fingerprint density at radius 2 is 1.74 bits per heavy atom. The smallest absolute Gasteiger partial charge is 0.311 e. The summed E-state index contributed by atoms with van der Waals surface area (Å²) >= 11 is 0. The molecule has 0 fully saturated rings. The zero-order valence-corrected chi connectivity index (χ0v) is 22.0. The van der Waals surface area contributed by atoms with Crippen LogP contribution in [0.4, 0.5) is 0 Å². The first kappa shape index (κ1) is 25.7. The zero-order chi connectivity index (χ0) is 24.9. The lowest BCUT2D eigenvalue weighted by Crippen LogP contribution is -2.44. The van der Waals surface area contributed by atoms with E-state index >= 15 is 0 Å². The number of nitrogens with one attached hydrogen (secondary N) is 1. The number of benzene rings is 2. The molecule has 3 rings (SSSR count). The van der Waals surface area contributed by atoms with Crippen molar-refractivity contribution in [2.24, 2.45) is 11.3 Å². The molecule has 0 aliphatic carbocycles. The molecule has 1 N–H and O–H groups in total. The Labute approximate surface area is 203 Å². The molecule has 2 aromatic carbocycles. The molecule has 0 radical (unpaired) electrons. The molecule has 0 spiro atoms. The molecule has 0 aliphatic heterocycles. The lowest BCUT2D eigenvalue weighted by atomic mass is 9.80. The van der Waals surface area contributed by atoms with Crippen molar-refractivity contribution in [1.82, 2.24) is 5.32 Å². The highest BCUT2D eigenvalue weighted by atomic mass is 28.3. The molecule has 3 aromatic rings. The first-order valence-corrected chi connectivity index (χ1v) is 14.5. The van der Waals surface area contributed by atoms with Gasteiger partial charge >= 0.3 is 5.97 Å². The summed E-state index contributed by atoms with van der Waals surface area (Å²) in [6.07, 6.45) is 0.171. The minimum atomic E-state index is -1.38. The zero-order valence-electron chi connectivity index (χ0n) is 20.9. The van der Waals surface area contributed by atoms with E-state index in [9.17, 15) is 9.59 Å². The number of furan rings is 1. The normalized spacial score (nSPS) is 13.6. The van der Waals surface area contributed by atoms with Crippen LogP contribution in [0.15, 0.2) is 59.0 Å². The van der Waals surface area contributed by atoms with Gasteiger partial charge in [-0.3, -0.25) is 9.59 Å². The molecule has 34 heavy (non-hydrogen) atoms. The second-order valence-electron chi connectivity index (χ2n) is 9.87. The van der Waals surface area contributed by atoms with E-state index in [2.05, 4.69) is 39.2 Å². The minimum absolute atomic E-state index is 0.189. The summed E-state index contributed by atoms with van der Waals surface area (Å²) in [5.74, 6) is -0.183. The van der Waals surface area contributed by atoms with Gasteiger partial charge in [0.05, 0.1) is 19.1 Å². The van der Waals surface area contributed by atoms with E-state index in [1.807, 2.05) is 42.5 Å². The van der Waals surface area contributed by atoms with Crippen LogP contribution in [0.3, 0.4) is 0 Å². The average Bonchev–Trinajstić information content (AvgIpc) is 3.24. The number of carbonyl (C=O) groups excluding carboxylic acids is 2. The first-order chi connectivity index (χ1) is 16.1. The summed E-state index contributed by atoms with van der Waals surface area (Å²) < 4.78 is 17.2. The second-order valence-corrected chi connectivity index (χ2v) is 12.2. The summed E-state index contributed by atoms with van der Waals surface area (Å²) in [5.41, 5.74) is 2.05. The Bertz CT molecular complexity index is 1080. The van der Waals surface area contributed by atoms with Gasteiger partial charge < -0.3 is 18.9 Å². The van der Waals surface area contributed by atoms with Crippen LogP contribution in [0.1, 0.15) is 37.6 Å². The standard InChI is InChI=1S/C27H35NO5Si/c1-27(2,3)24(33-34(5)6)21(26(30)31-4)15-16-28-25(29)19-13-11-18(12-14-19)23-17-20-9-7-8-10-22(20)32-23/h7-14,17,21,24,34H,15-16H2,1-6H3,(H,28,29). The maximum Gasteiger partial charge on any atom is 0.311 e. The fraction of sp³-hybridized carbons (Fsp3) is 0.407. The average molecular weight is 482 g/mol. The van der Waals surface area contributed by atoms with Gasteiger partial charge in [-0.15, -0.1) is 0 Å². The van der Waals surface area contributed by atoms with Crippen molar-refractivity contribution in [3.63, 3.8) is 0 Å². The molecule has 1 amide bonds. The predicted octanol–water partition coefficient (Wildman–Crippen LogP) is 5.42. The molecular weight excluding hydrogens is 446 g/mol. The van der Waals surface area contributed by atoms with E-state index < -0.39 is 15.0 Å². The highest BCUT2D eigenvalue weighted by Gasteiger charge is 2.38. The maximum absolute atomic E-state index is 12.7. The highest BCUT2D eigenvalue weighted by Crippen LogP contribution is 2.32. The van der Waals surface area contributed by atoms with Gasteiger partial charge in [0.2, 0.25) is 0 Å². The SMILES string of the molecule is COC(=O)C(CCNC(=O)c1ccc(-c2cc3ccccc3o2)cc1)C(O[SiH](C)C)C(C)(C)C. The van der Waals surface area contributed by atoms with Gasteiger partial charge in [-0.25, -0.2) is 0 Å². The molecule has 7 heteroatoms. The Kier molecular flexibility index (Phi) is 8.33. The van der Waals surface area contributed by atoms with E-state index in [0.29, 0.717) is 18.5 Å². The van der Waals surface area contributed by atoms with Crippen molar-refractivity contribution < 1.29 is 23.2 Å². The number of methoxy groups -OCH3 is 1. The summed E-state index contributed by atoms with van der Waals surface area (Å²) in [6, 6.07) is 17.1. The topological polar surface area (TPSA) is 77.8 Å². The van der Waals surface area contributed by atoms with Crippen LogP contribution < -0.4 is 5.32 Å². The van der Waals surface area contributed by atoms with Crippen LogP contribution in [0, 0.1) is 11.3 Å². The fourth-order valence-corrected chi connectivity index (χ4v) is 5.28. The number of para-hydroxylation sites is 1. The van der Waals surface area contributed by atoms with Crippen LogP contribution in [0.2, 0.25) is 13.1 Å². The van der Waals surface area contributed by atoms with Gasteiger partial charge in [-0.2, -0.15) is 0 Å². The van der Waals surface area contributed by atoms with E-state index in [4.69, 9.17) is 13.6 Å². The number of hydrogen-bond donors (Lipinski definition) is 1. The molecule has 0 saturated heterocycles. The van der Waals surface area contributed by atoms with Gasteiger partial charge in [0.1, 0.15) is 11.3 Å². The maximum atomic E-state index is 12.7. The van der Waals surface area contributed by atoms with Crippen LogP contribution >= 0.6 is 0 Å². The van der Waals surface area contributed by atoms with Gasteiger partial charge in [0.25, 0.3) is 5.91 Å². The van der Waals surface area contributed by atoms with Crippen LogP contribution in [0.5, 0.6) is 0 Å². The molecule has 0 saturated carbocycles. The van der Waals surface area contributed by atoms with Gasteiger partial charge in [0, 0.05) is 23.1 Å². The number of fused-ring (bicyclic) bond motifs is 1. The van der Waals surface area contributed by atoms with E-state index in [0.717, 1.165) is 22.3 Å². The van der Waals surface area contributed by atoms with E-state index in [1.165, 1.54) is 7.11 Å². The fourth-order valence-electron chi connectivity index (χ4n) is 4.09. The third-order valence-electron chi connectivity index (χ3n) is 5.74. The Morgan fingerprint density at radius 1 is 1.06 bits per heavy atom. The third-order valence-corrected chi connectivity index (χ3v) is 6.58. The van der Waals surface area contributed by atoms with Gasteiger partial charge in [0.15, 0.2) is 9.04 Å². The summed E-state index contributed by atoms with van der Waals surface area (Å²) in [6.45, 7) is 10.7. The Balaban J connectivity index is 1.64. The van der Waals surface area contributed by atoms with Crippen molar-refractivity contribution in [2.45, 2.75) is 46.4 Å². The number of ether oxygens (including phenoxy) is 1. The summed E-state index contributed by atoms with van der Waals surface area (Å²) in [5, 5.41) is 3.97. The van der Waals surface area contributed by atoms with E-state index in [-0.39, 0.29) is 23.4 Å². The van der Waals surface area contributed by atoms with Crippen LogP contribution in [-0.4, -0.2) is 40.7 Å². The summed E-state index contributed by atoms with van der Waals surface area (Å²) in [4.78, 5) is 25.3. The molecule has 2 unspecified atom stereocenters. The van der Waals surface area contributed by atoms with Gasteiger partial charge in [-0.05, 0) is 49.2 Å². The van der Waals surface area contributed by atoms with Crippen molar-refractivity contribution in [3.05, 3.63) is 60.2 Å². The number of carbonyl (C=O) groups is 2. The minimum Gasteiger partial charge on any atom is -0.469 e. The summed E-state index contributed by atoms with van der Waals surface area (Å²) in [7, 11) is 0.00949. The molecular formula is C27H35NO5Si. The number of hydrogen-bond acceptors (Lipinski definition) is 5. The quantitative estimate of drug-likeness (QED) is 0.326. The monoisotopic (exact) mass is 481 g/mol. The number of esters is 1.